The summed E-state index contributed by atoms with van der Waals surface area (Å²) in [7, 11) is 0. The predicted molar refractivity (Wildman–Crippen MR) is 83.5 cm³/mol. The summed E-state index contributed by atoms with van der Waals surface area (Å²) in [6.07, 6.45) is 2.10. The first kappa shape index (κ1) is 15.2. The molecule has 0 spiro atoms. The molecule has 0 radical (unpaired) electrons. The molecule has 118 valence electrons. The highest BCUT2D eigenvalue weighted by atomic mass is 16.5. The number of benzene rings is 1. The molecule has 2 bridgehead atoms. The van der Waals surface area contributed by atoms with E-state index >= 15 is 0 Å². The molecule has 0 N–H and O–H groups in total. The second-order valence-electron chi connectivity index (χ2n) is 6.90. The van der Waals surface area contributed by atoms with E-state index in [9.17, 15) is 9.59 Å². The summed E-state index contributed by atoms with van der Waals surface area (Å²) in [5, 5.41) is 0. The second kappa shape index (κ2) is 5.84. The summed E-state index contributed by atoms with van der Waals surface area (Å²) >= 11 is 0. The maximum Gasteiger partial charge on any atom is 0.303 e. The number of carbonyl (C=O) groups excluding carboxylic acids is 2. The highest BCUT2D eigenvalue weighted by molar-refractivity contribution is 5.97. The number of rotatable bonds is 4. The molecule has 22 heavy (non-hydrogen) atoms. The summed E-state index contributed by atoms with van der Waals surface area (Å²) in [4.78, 5) is 23.9. The van der Waals surface area contributed by atoms with Crippen LogP contribution in [0.3, 0.4) is 0 Å². The molecule has 1 aromatic rings. The Balaban J connectivity index is 1.71. The summed E-state index contributed by atoms with van der Waals surface area (Å²) in [6.45, 7) is 6.87. The first-order valence-corrected chi connectivity index (χ1v) is 8.10. The molecule has 0 aromatic heterocycles. The number of hydrogen-bond donors (Lipinski definition) is 0. The number of hydrogen-bond acceptors (Lipinski definition) is 3. The SMILES string of the molecule is CC(=O)O[C@H]1C[N+]2(CC(=O)c3ccc(C)cc3)CCC1CC2. The first-order valence-electron chi connectivity index (χ1n) is 8.10. The summed E-state index contributed by atoms with van der Waals surface area (Å²) in [5.41, 5.74) is 1.95. The highest BCUT2D eigenvalue weighted by Gasteiger charge is 2.48. The van der Waals surface area contributed by atoms with Crippen molar-refractivity contribution < 1.29 is 18.8 Å². The molecule has 0 saturated carbocycles. The van der Waals surface area contributed by atoms with Gasteiger partial charge in [0.05, 0.1) is 13.1 Å². The minimum absolute atomic E-state index is 0.00850. The van der Waals surface area contributed by atoms with Crippen molar-refractivity contribution in [2.75, 3.05) is 26.2 Å². The van der Waals surface area contributed by atoms with Gasteiger partial charge in [-0.25, -0.2) is 0 Å². The van der Waals surface area contributed by atoms with Gasteiger partial charge in [0.15, 0.2) is 6.10 Å². The van der Waals surface area contributed by atoms with E-state index < -0.39 is 0 Å². The number of aryl methyl sites for hydroxylation is 1. The van der Waals surface area contributed by atoms with Gasteiger partial charge in [-0.3, -0.25) is 9.59 Å². The lowest BCUT2D eigenvalue weighted by atomic mass is 9.83. The van der Waals surface area contributed by atoms with Crippen LogP contribution >= 0.6 is 0 Å². The molecule has 3 aliphatic rings. The molecule has 3 aliphatic heterocycles. The van der Waals surface area contributed by atoms with E-state index in [-0.39, 0.29) is 17.9 Å². The quantitative estimate of drug-likeness (QED) is 0.487. The molecule has 1 aromatic carbocycles. The van der Waals surface area contributed by atoms with Gasteiger partial charge in [-0.15, -0.1) is 0 Å². The Morgan fingerprint density at radius 1 is 1.18 bits per heavy atom. The maximum atomic E-state index is 12.6. The zero-order chi connectivity index (χ0) is 15.7. The summed E-state index contributed by atoms with van der Waals surface area (Å²) < 4.78 is 6.27. The van der Waals surface area contributed by atoms with Crippen LogP contribution in [0, 0.1) is 12.8 Å². The number of quaternary nitrogens is 1. The number of nitrogens with zero attached hydrogens (tertiary/aromatic N) is 1. The molecule has 1 atom stereocenters. The molecule has 3 heterocycles. The van der Waals surface area contributed by atoms with Crippen LogP contribution in [0.1, 0.15) is 35.7 Å². The van der Waals surface area contributed by atoms with Crippen molar-refractivity contribution in [1.29, 1.82) is 0 Å². The zero-order valence-electron chi connectivity index (χ0n) is 13.4. The van der Waals surface area contributed by atoms with Gasteiger partial charge in [-0.05, 0) is 6.92 Å². The topological polar surface area (TPSA) is 43.4 Å². The van der Waals surface area contributed by atoms with E-state index in [2.05, 4.69) is 0 Å². The summed E-state index contributed by atoms with van der Waals surface area (Å²) in [5.74, 6) is 0.474. The number of esters is 1. The van der Waals surface area contributed by atoms with Crippen molar-refractivity contribution in [1.82, 2.24) is 0 Å². The molecule has 3 saturated heterocycles. The van der Waals surface area contributed by atoms with Gasteiger partial charge >= 0.3 is 5.97 Å². The van der Waals surface area contributed by atoms with E-state index in [1.807, 2.05) is 31.2 Å². The normalized spacial score (nSPS) is 30.1. The predicted octanol–water partition coefficient (Wildman–Crippen LogP) is 2.35. The smallest absolute Gasteiger partial charge is 0.303 e. The largest absolute Gasteiger partial charge is 0.456 e. The number of carbonyl (C=O) groups is 2. The number of ether oxygens (including phenoxy) is 1. The van der Waals surface area contributed by atoms with Gasteiger partial charge in [-0.2, -0.15) is 0 Å². The van der Waals surface area contributed by atoms with Gasteiger partial charge in [0.1, 0.15) is 13.1 Å². The van der Waals surface area contributed by atoms with Crippen LogP contribution in [0.15, 0.2) is 24.3 Å². The van der Waals surface area contributed by atoms with Crippen LogP contribution in [0.4, 0.5) is 0 Å². The van der Waals surface area contributed by atoms with Gasteiger partial charge in [0, 0.05) is 31.2 Å². The molecule has 4 nitrogen and oxygen atoms in total. The Morgan fingerprint density at radius 2 is 1.82 bits per heavy atom. The fraction of sp³-hybridized carbons (Fsp3) is 0.556. The molecule has 3 fully saturated rings. The Morgan fingerprint density at radius 3 is 2.41 bits per heavy atom. The maximum absolute atomic E-state index is 12.6. The Hall–Kier alpha value is -1.68. The standard InChI is InChI=1S/C18H24NO3/c1-13-3-5-15(6-4-13)17(21)11-19-9-7-16(8-10-19)18(12-19)22-14(2)20/h3-6,16,18H,7-12H2,1-2H3/q+1/t16?,18-,19?/m0/s1. The van der Waals surface area contributed by atoms with E-state index in [1.165, 1.54) is 6.92 Å². The van der Waals surface area contributed by atoms with E-state index in [0.29, 0.717) is 12.5 Å². The van der Waals surface area contributed by atoms with Crippen LogP contribution in [0.25, 0.3) is 0 Å². The molecule has 0 aliphatic carbocycles. The average Bonchev–Trinajstić information content (AvgIpc) is 2.48. The molecule has 4 rings (SSSR count). The van der Waals surface area contributed by atoms with Gasteiger partial charge in [-0.1, -0.05) is 29.8 Å². The van der Waals surface area contributed by atoms with Gasteiger partial charge in [0.2, 0.25) is 5.78 Å². The molecular weight excluding hydrogens is 278 g/mol. The molecule has 0 unspecified atom stereocenters. The Bertz CT molecular complexity index is 570. The minimum atomic E-state index is -0.207. The average molecular weight is 302 g/mol. The number of piperidine rings is 3. The third-order valence-electron chi connectivity index (χ3n) is 5.21. The third-order valence-corrected chi connectivity index (χ3v) is 5.21. The molecule has 0 amide bonds. The third kappa shape index (κ3) is 3.07. The lowest BCUT2D eigenvalue weighted by Crippen LogP contribution is -2.65. The van der Waals surface area contributed by atoms with Crippen molar-refractivity contribution in [3.8, 4) is 0 Å². The fourth-order valence-corrected chi connectivity index (χ4v) is 3.93. The van der Waals surface area contributed by atoms with E-state index in [0.717, 1.165) is 48.1 Å². The molecule has 4 heteroatoms. The Kier molecular flexibility index (Phi) is 4.04. The van der Waals surface area contributed by atoms with Crippen LogP contribution in [0.5, 0.6) is 0 Å². The highest BCUT2D eigenvalue weighted by Crippen LogP contribution is 2.35. The monoisotopic (exact) mass is 302 g/mol. The first-order chi connectivity index (χ1) is 10.5. The number of fused-ring (bicyclic) bond motifs is 3. The lowest BCUT2D eigenvalue weighted by Gasteiger charge is -2.51. The van der Waals surface area contributed by atoms with E-state index in [4.69, 9.17) is 4.74 Å². The van der Waals surface area contributed by atoms with Gasteiger partial charge < -0.3 is 9.22 Å². The lowest BCUT2D eigenvalue weighted by molar-refractivity contribution is -0.938. The number of Topliss-reactive ketones (excluding diaryl/α,β-unsaturated/α-hetero) is 1. The molecular formula is C18H24NO3+. The summed E-state index contributed by atoms with van der Waals surface area (Å²) in [6, 6.07) is 7.79. The fourth-order valence-electron chi connectivity index (χ4n) is 3.93. The number of ketones is 1. The van der Waals surface area contributed by atoms with Crippen molar-refractivity contribution >= 4 is 11.8 Å². The van der Waals surface area contributed by atoms with E-state index in [1.54, 1.807) is 0 Å². The van der Waals surface area contributed by atoms with Crippen molar-refractivity contribution in [3.63, 3.8) is 0 Å². The van der Waals surface area contributed by atoms with Crippen LogP contribution in [-0.4, -0.2) is 48.5 Å². The van der Waals surface area contributed by atoms with Gasteiger partial charge in [0.25, 0.3) is 0 Å². The van der Waals surface area contributed by atoms with Crippen LogP contribution in [0.2, 0.25) is 0 Å². The van der Waals surface area contributed by atoms with Crippen molar-refractivity contribution in [2.24, 2.45) is 5.92 Å². The Labute approximate surface area is 131 Å². The minimum Gasteiger partial charge on any atom is -0.456 e. The second-order valence-corrected chi connectivity index (χ2v) is 6.90. The van der Waals surface area contributed by atoms with Crippen LogP contribution < -0.4 is 0 Å². The zero-order valence-corrected chi connectivity index (χ0v) is 13.4. The van der Waals surface area contributed by atoms with Crippen molar-refractivity contribution in [2.45, 2.75) is 32.8 Å². The van der Waals surface area contributed by atoms with Crippen molar-refractivity contribution in [3.05, 3.63) is 35.4 Å². The van der Waals surface area contributed by atoms with Crippen LogP contribution in [-0.2, 0) is 9.53 Å².